The average molecular weight is 329 g/mol. The van der Waals surface area contributed by atoms with Gasteiger partial charge in [-0.1, -0.05) is 25.1 Å². The van der Waals surface area contributed by atoms with Crippen molar-refractivity contribution in [1.29, 1.82) is 0 Å². The second-order valence-corrected chi connectivity index (χ2v) is 5.61. The van der Waals surface area contributed by atoms with Gasteiger partial charge in [-0.25, -0.2) is 9.78 Å². The molecule has 0 bridgehead atoms. The zero-order valence-corrected chi connectivity index (χ0v) is 13.1. The van der Waals surface area contributed by atoms with Crippen molar-refractivity contribution in [3.63, 3.8) is 0 Å². The summed E-state index contributed by atoms with van der Waals surface area (Å²) in [7, 11) is 0. The summed E-state index contributed by atoms with van der Waals surface area (Å²) in [5.74, 6) is -1.04. The number of aryl methyl sites for hydroxylation is 1. The van der Waals surface area contributed by atoms with Crippen LogP contribution in [0.4, 0.5) is 0 Å². The van der Waals surface area contributed by atoms with E-state index in [1.165, 1.54) is 0 Å². The molecule has 3 aromatic heterocycles. The van der Waals surface area contributed by atoms with Crippen molar-refractivity contribution < 1.29 is 14.3 Å². The predicted molar refractivity (Wildman–Crippen MR) is 97.1 cm³/mol. The molecule has 0 aliphatic heterocycles. The Labute approximate surface area is 155 Å². The summed E-state index contributed by atoms with van der Waals surface area (Å²) in [5.41, 5.74) is 3.22. The van der Waals surface area contributed by atoms with Crippen LogP contribution >= 0.6 is 0 Å². The monoisotopic (exact) mass is 329 g/mol. The number of aromatic nitrogens is 3. The third-order valence-electron chi connectivity index (χ3n) is 4.03. The number of benzene rings is 1. The average Bonchev–Trinajstić information content (AvgIpc) is 3.16. The molecule has 1 aromatic carbocycles. The van der Waals surface area contributed by atoms with Gasteiger partial charge in [0.05, 0.1) is 5.52 Å². The summed E-state index contributed by atoms with van der Waals surface area (Å²) in [5, 5.41) is 15.7. The van der Waals surface area contributed by atoms with Crippen molar-refractivity contribution in [2.24, 2.45) is 0 Å². The fourth-order valence-electron chi connectivity index (χ4n) is 2.93. The first-order valence-electron chi connectivity index (χ1n) is 7.75. The zero-order chi connectivity index (χ0) is 16.7. The number of fused-ring (bicyclic) bond motifs is 2. The van der Waals surface area contributed by atoms with E-state index >= 15 is 0 Å². The summed E-state index contributed by atoms with van der Waals surface area (Å²) in [6, 6.07) is 9.34. The molecule has 0 unspecified atom stereocenters. The molecule has 0 fully saturated rings. The van der Waals surface area contributed by atoms with Crippen molar-refractivity contribution >= 4 is 46.7 Å². The van der Waals surface area contributed by atoms with Crippen molar-refractivity contribution in [1.82, 2.24) is 14.8 Å². The summed E-state index contributed by atoms with van der Waals surface area (Å²) < 4.78 is 7.45. The van der Waals surface area contributed by atoms with Crippen LogP contribution in [0, 0.1) is 0 Å². The standard InChI is InChI=1S/C18H15N3O3.Li.H/c1-2-7-21-15-8-14(18(22)23)19-9-12(15)17(20-21)13-10-24-16-6-4-3-5-11(13)16;;/h3-6,8-10H,2,7H2,1H3,(H,22,23);;. The fraction of sp³-hybridized carbons (Fsp3) is 0.167. The Morgan fingerprint density at radius 2 is 2.08 bits per heavy atom. The molecule has 0 saturated heterocycles. The number of pyridine rings is 1. The molecular weight excluding hydrogens is 313 g/mol. The molecule has 4 rings (SSSR count). The van der Waals surface area contributed by atoms with Gasteiger partial charge in [0.15, 0.2) is 0 Å². The molecule has 3 heterocycles. The van der Waals surface area contributed by atoms with E-state index in [0.29, 0.717) is 6.54 Å². The van der Waals surface area contributed by atoms with E-state index in [-0.39, 0.29) is 24.6 Å². The van der Waals surface area contributed by atoms with Crippen molar-refractivity contribution in [3.05, 3.63) is 48.5 Å². The number of furan rings is 1. The second-order valence-electron chi connectivity index (χ2n) is 5.61. The number of carboxylic acids is 1. The Kier molecular flexibility index (Phi) is 4.66. The maximum absolute atomic E-state index is 11.2. The molecule has 0 saturated carbocycles. The van der Waals surface area contributed by atoms with Crippen LogP contribution in [0.25, 0.3) is 33.1 Å². The number of nitrogens with zero attached hydrogens (tertiary/aromatic N) is 3. The Morgan fingerprint density at radius 3 is 2.84 bits per heavy atom. The molecule has 0 aliphatic carbocycles. The molecule has 0 amide bonds. The molecule has 0 radical (unpaired) electrons. The third kappa shape index (κ3) is 2.84. The van der Waals surface area contributed by atoms with Gasteiger partial charge in [-0.2, -0.15) is 5.10 Å². The van der Waals surface area contributed by atoms with Crippen molar-refractivity contribution in [2.45, 2.75) is 19.9 Å². The van der Waals surface area contributed by atoms with E-state index in [1.54, 1.807) is 18.5 Å². The zero-order valence-electron chi connectivity index (χ0n) is 13.1. The Hall–Kier alpha value is -2.55. The van der Waals surface area contributed by atoms with Gasteiger partial charge in [0.1, 0.15) is 23.2 Å². The number of rotatable bonds is 4. The number of carboxylic acid groups (broad SMARTS) is 1. The first-order chi connectivity index (χ1) is 11.7. The number of aromatic carboxylic acids is 1. The van der Waals surface area contributed by atoms with E-state index < -0.39 is 5.97 Å². The van der Waals surface area contributed by atoms with Crippen LogP contribution in [0.2, 0.25) is 0 Å². The minimum atomic E-state index is -1.04. The van der Waals surface area contributed by atoms with Crippen molar-refractivity contribution in [2.75, 3.05) is 0 Å². The van der Waals surface area contributed by atoms with Crippen LogP contribution in [0.1, 0.15) is 23.8 Å². The molecule has 0 aliphatic rings. The van der Waals surface area contributed by atoms with Gasteiger partial charge < -0.3 is 9.52 Å². The van der Waals surface area contributed by atoms with Gasteiger partial charge >= 0.3 is 24.8 Å². The predicted octanol–water partition coefficient (Wildman–Crippen LogP) is 3.30. The molecule has 4 aromatic rings. The molecule has 7 heteroatoms. The second kappa shape index (κ2) is 6.75. The Balaban J connectivity index is 0.00000182. The van der Waals surface area contributed by atoms with E-state index in [9.17, 15) is 9.90 Å². The van der Waals surface area contributed by atoms with Crippen molar-refractivity contribution in [3.8, 4) is 11.3 Å². The van der Waals surface area contributed by atoms with Crippen LogP contribution < -0.4 is 0 Å². The quantitative estimate of drug-likeness (QED) is 0.581. The van der Waals surface area contributed by atoms with Crippen LogP contribution in [0.5, 0.6) is 0 Å². The van der Waals surface area contributed by atoms with Gasteiger partial charge in [0.2, 0.25) is 0 Å². The topological polar surface area (TPSA) is 81.2 Å². The van der Waals surface area contributed by atoms with Gasteiger partial charge in [-0.05, 0) is 18.6 Å². The molecule has 122 valence electrons. The van der Waals surface area contributed by atoms with Crippen LogP contribution in [-0.4, -0.2) is 44.7 Å². The summed E-state index contributed by atoms with van der Waals surface area (Å²) in [6.07, 6.45) is 4.16. The fourth-order valence-corrected chi connectivity index (χ4v) is 2.93. The first kappa shape index (κ1) is 17.3. The molecule has 1 N–H and O–H groups in total. The van der Waals surface area contributed by atoms with Gasteiger partial charge in [-0.15, -0.1) is 0 Å². The number of hydrogen-bond acceptors (Lipinski definition) is 4. The molecule has 6 nitrogen and oxygen atoms in total. The van der Waals surface area contributed by atoms with E-state index in [4.69, 9.17) is 9.52 Å². The van der Waals surface area contributed by atoms with Gasteiger partial charge in [0.25, 0.3) is 0 Å². The van der Waals surface area contributed by atoms with Crippen LogP contribution in [0.15, 0.2) is 47.2 Å². The summed E-state index contributed by atoms with van der Waals surface area (Å²) in [4.78, 5) is 15.3. The number of hydrogen-bond donors (Lipinski definition) is 1. The third-order valence-corrected chi connectivity index (χ3v) is 4.03. The maximum atomic E-state index is 11.2. The van der Waals surface area contributed by atoms with E-state index in [2.05, 4.69) is 11.9 Å². The Morgan fingerprint density at radius 1 is 1.28 bits per heavy atom. The summed E-state index contributed by atoms with van der Waals surface area (Å²) in [6.45, 7) is 2.76. The van der Waals surface area contributed by atoms with E-state index in [1.807, 2.05) is 28.9 Å². The van der Waals surface area contributed by atoms with Crippen LogP contribution in [-0.2, 0) is 6.54 Å². The molecule has 0 spiro atoms. The van der Waals surface area contributed by atoms with Gasteiger partial charge in [0, 0.05) is 29.1 Å². The normalized spacial score (nSPS) is 10.9. The molecular formula is C18H16LiN3O3. The Bertz CT molecular complexity index is 1070. The minimum absolute atomic E-state index is 0. The SMILES string of the molecule is CCCn1nc(-c2coc3ccccc23)c2cnc(C(=O)O)cc21.[LiH]. The first-order valence-corrected chi connectivity index (χ1v) is 7.75. The number of para-hydroxylation sites is 1. The van der Waals surface area contributed by atoms with Crippen LogP contribution in [0.3, 0.4) is 0 Å². The molecule has 25 heavy (non-hydrogen) atoms. The van der Waals surface area contributed by atoms with Gasteiger partial charge in [-0.3, -0.25) is 4.68 Å². The molecule has 0 atom stereocenters. The van der Waals surface area contributed by atoms with E-state index in [0.717, 1.165) is 39.6 Å². The number of carbonyl (C=O) groups is 1. The summed E-state index contributed by atoms with van der Waals surface area (Å²) >= 11 is 0.